The maximum absolute atomic E-state index is 12.3. The monoisotopic (exact) mass is 386 g/mol. The molecule has 0 aliphatic carbocycles. The van der Waals surface area contributed by atoms with Crippen LogP contribution in [0, 0.1) is 0 Å². The number of ether oxygens (including phenoxy) is 1. The van der Waals surface area contributed by atoms with Gasteiger partial charge in [-0.1, -0.05) is 17.0 Å². The van der Waals surface area contributed by atoms with Gasteiger partial charge in [0.05, 0.1) is 0 Å². The van der Waals surface area contributed by atoms with Gasteiger partial charge in [-0.15, -0.1) is 5.10 Å². The molecule has 1 heterocycles. The molecule has 1 amide bonds. The fraction of sp³-hybridized carbons (Fsp3) is 0.429. The Morgan fingerprint density at radius 3 is 2.58 bits per heavy atom. The number of amides is 1. The number of carbonyl (C=O) groups is 2. The number of para-hydroxylation sites is 1. The zero-order chi connectivity index (χ0) is 19.5. The van der Waals surface area contributed by atoms with Crippen molar-refractivity contribution in [1.82, 2.24) is 20.5 Å². The van der Waals surface area contributed by atoms with Gasteiger partial charge in [0.1, 0.15) is 28.4 Å². The number of hydrogen-bond acceptors (Lipinski definition) is 8. The maximum Gasteiger partial charge on any atom is 0.408 e. The van der Waals surface area contributed by atoms with Crippen molar-refractivity contribution in [2.24, 2.45) is 0 Å². The summed E-state index contributed by atoms with van der Waals surface area (Å²) in [5.74, 6) is -2.28. The molecule has 0 aliphatic rings. The van der Waals surface area contributed by atoms with Crippen molar-refractivity contribution < 1.29 is 32.1 Å². The van der Waals surface area contributed by atoms with Gasteiger partial charge in [-0.3, -0.25) is 4.55 Å². The molecule has 2 N–H and O–H groups in total. The standard InChI is InChI=1S/C14H18N4O7S/c1-14(2,3)24-13(20)15-10(8-26(21,22)23)12(19)25-18-11-7-5-4-6-9(11)16-17-18/h4-7,10H,8H2,1-3H3,(H,15,20)(H,21,22,23)/t10-/m0/s1. The molecule has 0 spiro atoms. The summed E-state index contributed by atoms with van der Waals surface area (Å²) >= 11 is 0. The second kappa shape index (κ2) is 7.25. The molecule has 2 aromatic rings. The topological polar surface area (TPSA) is 150 Å². The number of fused-ring (bicyclic) bond motifs is 1. The summed E-state index contributed by atoms with van der Waals surface area (Å²) in [4.78, 5) is 29.8. The number of aromatic nitrogens is 3. The highest BCUT2D eigenvalue weighted by Gasteiger charge is 2.31. The van der Waals surface area contributed by atoms with Crippen molar-refractivity contribution in [2.75, 3.05) is 5.75 Å². The second-order valence-electron chi connectivity index (χ2n) is 6.31. The van der Waals surface area contributed by atoms with E-state index in [-0.39, 0.29) is 0 Å². The van der Waals surface area contributed by atoms with E-state index < -0.39 is 39.6 Å². The van der Waals surface area contributed by atoms with Crippen LogP contribution in [-0.2, 0) is 19.6 Å². The number of nitrogens with zero attached hydrogens (tertiary/aromatic N) is 3. The summed E-state index contributed by atoms with van der Waals surface area (Å²) in [5.41, 5.74) is -0.0888. The predicted molar refractivity (Wildman–Crippen MR) is 88.7 cm³/mol. The molecular weight excluding hydrogens is 368 g/mol. The van der Waals surface area contributed by atoms with Crippen LogP contribution < -0.4 is 10.2 Å². The molecule has 0 saturated carbocycles. The highest BCUT2D eigenvalue weighted by molar-refractivity contribution is 7.85. The molecular formula is C14H18N4O7S. The Morgan fingerprint density at radius 2 is 1.96 bits per heavy atom. The Bertz CT molecular complexity index is 917. The van der Waals surface area contributed by atoms with Gasteiger partial charge >= 0.3 is 12.1 Å². The van der Waals surface area contributed by atoms with Gasteiger partial charge in [-0.05, 0) is 38.1 Å². The maximum atomic E-state index is 12.3. The van der Waals surface area contributed by atoms with E-state index in [4.69, 9.17) is 14.1 Å². The zero-order valence-electron chi connectivity index (χ0n) is 14.2. The minimum atomic E-state index is -4.60. The summed E-state index contributed by atoms with van der Waals surface area (Å²) in [7, 11) is -4.60. The van der Waals surface area contributed by atoms with Crippen molar-refractivity contribution >= 4 is 33.2 Å². The first-order valence-corrected chi connectivity index (χ1v) is 9.03. The van der Waals surface area contributed by atoms with Crippen LogP contribution in [0.3, 0.4) is 0 Å². The van der Waals surface area contributed by atoms with E-state index in [1.165, 1.54) is 0 Å². The molecule has 1 aromatic carbocycles. The third kappa shape index (κ3) is 5.67. The van der Waals surface area contributed by atoms with Crippen LogP contribution in [0.4, 0.5) is 4.79 Å². The third-order valence-corrected chi connectivity index (χ3v) is 3.61. The number of rotatable bonds is 5. The molecule has 142 valence electrons. The number of hydrogen-bond donors (Lipinski definition) is 2. The van der Waals surface area contributed by atoms with Crippen LogP contribution in [0.15, 0.2) is 24.3 Å². The molecule has 0 radical (unpaired) electrons. The quantitative estimate of drug-likeness (QED) is 0.541. The number of alkyl carbamates (subject to hydrolysis) is 1. The van der Waals surface area contributed by atoms with Gasteiger partial charge < -0.3 is 14.9 Å². The Labute approximate surface area is 149 Å². The largest absolute Gasteiger partial charge is 0.444 e. The normalized spacial score (nSPS) is 13.2. The van der Waals surface area contributed by atoms with Gasteiger partial charge in [0.25, 0.3) is 10.1 Å². The summed E-state index contributed by atoms with van der Waals surface area (Å²) in [6, 6.07) is 4.84. The van der Waals surface area contributed by atoms with Crippen LogP contribution >= 0.6 is 0 Å². The molecule has 1 atom stereocenters. The molecule has 0 saturated heterocycles. The van der Waals surface area contributed by atoms with Crippen molar-refractivity contribution in [3.05, 3.63) is 24.3 Å². The first-order valence-electron chi connectivity index (χ1n) is 7.42. The minimum absolute atomic E-state index is 0.351. The SMILES string of the molecule is CC(C)(C)OC(=O)N[C@@H](CS(=O)(=O)O)C(=O)On1nnc2ccccc21. The molecule has 0 bridgehead atoms. The number of carbonyl (C=O) groups excluding carboxylic acids is 2. The summed E-state index contributed by atoms with van der Waals surface area (Å²) in [6.07, 6.45) is -1.05. The first kappa shape index (κ1) is 19.6. The highest BCUT2D eigenvalue weighted by Crippen LogP contribution is 2.09. The van der Waals surface area contributed by atoms with Gasteiger partial charge in [0.15, 0.2) is 0 Å². The van der Waals surface area contributed by atoms with E-state index >= 15 is 0 Å². The number of nitrogens with one attached hydrogen (secondary N) is 1. The van der Waals surface area contributed by atoms with Crippen molar-refractivity contribution in [3.8, 4) is 0 Å². The van der Waals surface area contributed by atoms with Gasteiger partial charge in [0.2, 0.25) is 0 Å². The van der Waals surface area contributed by atoms with Crippen LogP contribution in [0.2, 0.25) is 0 Å². The zero-order valence-corrected chi connectivity index (χ0v) is 15.1. The summed E-state index contributed by atoms with van der Waals surface area (Å²) in [6.45, 7) is 4.76. The Hall–Kier alpha value is -2.73. The molecule has 0 fully saturated rings. The first-order chi connectivity index (χ1) is 11.9. The van der Waals surface area contributed by atoms with Crippen molar-refractivity contribution in [1.29, 1.82) is 0 Å². The summed E-state index contributed by atoms with van der Waals surface area (Å²) < 4.78 is 36.3. The fourth-order valence-electron chi connectivity index (χ4n) is 1.89. The van der Waals surface area contributed by atoms with E-state index in [9.17, 15) is 18.0 Å². The van der Waals surface area contributed by atoms with E-state index in [1.54, 1.807) is 45.0 Å². The van der Waals surface area contributed by atoms with Gasteiger partial charge in [-0.25, -0.2) is 9.59 Å². The lowest BCUT2D eigenvalue weighted by atomic mass is 10.2. The molecule has 26 heavy (non-hydrogen) atoms. The average Bonchev–Trinajstić information content (AvgIpc) is 2.86. The third-order valence-electron chi connectivity index (χ3n) is 2.85. The van der Waals surface area contributed by atoms with Crippen LogP contribution in [-0.4, -0.2) is 57.6 Å². The lowest BCUT2D eigenvalue weighted by Gasteiger charge is -2.22. The second-order valence-corrected chi connectivity index (χ2v) is 7.81. The lowest BCUT2D eigenvalue weighted by Crippen LogP contribution is -2.50. The molecule has 1 aromatic heterocycles. The predicted octanol–water partition coefficient (Wildman–Crippen LogP) is 0.168. The van der Waals surface area contributed by atoms with E-state index in [0.717, 1.165) is 4.85 Å². The molecule has 12 heteroatoms. The molecule has 2 rings (SSSR count). The van der Waals surface area contributed by atoms with E-state index in [2.05, 4.69) is 15.6 Å². The lowest BCUT2D eigenvalue weighted by molar-refractivity contribution is -0.147. The molecule has 0 unspecified atom stereocenters. The fourth-order valence-corrected chi connectivity index (χ4v) is 2.53. The van der Waals surface area contributed by atoms with Crippen molar-refractivity contribution in [2.45, 2.75) is 32.4 Å². The Morgan fingerprint density at radius 1 is 1.31 bits per heavy atom. The van der Waals surface area contributed by atoms with Crippen molar-refractivity contribution in [3.63, 3.8) is 0 Å². The van der Waals surface area contributed by atoms with E-state index in [1.807, 2.05) is 0 Å². The van der Waals surface area contributed by atoms with Gasteiger partial charge in [0, 0.05) is 0 Å². The van der Waals surface area contributed by atoms with Gasteiger partial charge in [-0.2, -0.15) is 8.42 Å². The average molecular weight is 386 g/mol. The Balaban J connectivity index is 2.18. The van der Waals surface area contributed by atoms with Crippen LogP contribution in [0.25, 0.3) is 11.0 Å². The number of benzene rings is 1. The molecule has 11 nitrogen and oxygen atoms in total. The summed E-state index contributed by atoms with van der Waals surface area (Å²) in [5, 5.41) is 9.45. The smallest absolute Gasteiger partial charge is 0.408 e. The highest BCUT2D eigenvalue weighted by atomic mass is 32.2. The van der Waals surface area contributed by atoms with E-state index in [0.29, 0.717) is 11.0 Å². The minimum Gasteiger partial charge on any atom is -0.444 e. The van der Waals surface area contributed by atoms with Crippen LogP contribution in [0.5, 0.6) is 0 Å². The Kier molecular flexibility index (Phi) is 5.47. The van der Waals surface area contributed by atoms with Crippen LogP contribution in [0.1, 0.15) is 20.8 Å². The molecule has 0 aliphatic heterocycles.